The van der Waals surface area contributed by atoms with E-state index in [-0.39, 0.29) is 23.6 Å². The average Bonchev–Trinajstić information content (AvgIpc) is 3.49. The molecule has 31 heavy (non-hydrogen) atoms. The minimum Gasteiger partial charge on any atom is -0.361 e. The largest absolute Gasteiger partial charge is 0.361 e. The van der Waals surface area contributed by atoms with Gasteiger partial charge in [-0.1, -0.05) is 11.2 Å². The highest BCUT2D eigenvalue weighted by Crippen LogP contribution is 2.50. The first-order chi connectivity index (χ1) is 14.8. The van der Waals surface area contributed by atoms with Gasteiger partial charge >= 0.3 is 0 Å². The standard InChI is InChI=1S/C21H25N5O4S/c1-3-31(28,29)25-15-9-14-11-26(12-21(14,10-15)20-23-13(2)24-30-20)19(27)17-5-4-6-18-16(17)7-8-22-18/h4-8,14-15,22,25H,3,9-12H2,1-2H3/t14?,15-,21+/m1/s1. The quantitative estimate of drug-likeness (QED) is 0.622. The van der Waals surface area contributed by atoms with Crippen LogP contribution >= 0.6 is 0 Å². The summed E-state index contributed by atoms with van der Waals surface area (Å²) in [5.41, 5.74) is 1.02. The van der Waals surface area contributed by atoms with Gasteiger partial charge in [0.1, 0.15) is 0 Å². The van der Waals surface area contributed by atoms with Crippen molar-refractivity contribution in [3.63, 3.8) is 0 Å². The minimum atomic E-state index is -3.33. The van der Waals surface area contributed by atoms with Crippen molar-refractivity contribution >= 4 is 26.8 Å². The van der Waals surface area contributed by atoms with Gasteiger partial charge in [-0.3, -0.25) is 4.79 Å². The van der Waals surface area contributed by atoms with Gasteiger partial charge in [0.05, 0.1) is 11.2 Å². The summed E-state index contributed by atoms with van der Waals surface area (Å²) in [6.07, 6.45) is 2.97. The molecule has 3 aromatic rings. The normalized spacial score (nSPS) is 25.9. The van der Waals surface area contributed by atoms with Crippen LogP contribution in [0.25, 0.3) is 10.9 Å². The molecule has 0 spiro atoms. The fraction of sp³-hybridized carbons (Fsp3) is 0.476. The maximum Gasteiger partial charge on any atom is 0.254 e. The lowest BCUT2D eigenvalue weighted by Crippen LogP contribution is -2.40. The molecule has 3 heterocycles. The van der Waals surface area contributed by atoms with Crippen molar-refractivity contribution in [3.8, 4) is 0 Å². The van der Waals surface area contributed by atoms with Gasteiger partial charge in [-0.05, 0) is 50.8 Å². The molecule has 1 aliphatic carbocycles. The van der Waals surface area contributed by atoms with Crippen LogP contribution < -0.4 is 4.72 Å². The maximum absolute atomic E-state index is 13.5. The van der Waals surface area contributed by atoms with Crippen LogP contribution in [0.2, 0.25) is 0 Å². The molecule has 1 saturated heterocycles. The van der Waals surface area contributed by atoms with Gasteiger partial charge in [-0.15, -0.1) is 0 Å². The number of carbonyl (C=O) groups is 1. The minimum absolute atomic E-state index is 0.0336. The number of aromatic nitrogens is 3. The molecule has 2 aromatic heterocycles. The van der Waals surface area contributed by atoms with Crippen molar-refractivity contribution in [2.75, 3.05) is 18.8 Å². The summed E-state index contributed by atoms with van der Waals surface area (Å²) in [4.78, 5) is 22.9. The summed E-state index contributed by atoms with van der Waals surface area (Å²) in [6.45, 7) is 4.32. The molecule has 3 atom stereocenters. The number of rotatable bonds is 5. The molecule has 1 unspecified atom stereocenters. The van der Waals surface area contributed by atoms with Gasteiger partial charge < -0.3 is 14.4 Å². The van der Waals surface area contributed by atoms with Crippen LogP contribution in [0.1, 0.15) is 41.8 Å². The van der Waals surface area contributed by atoms with E-state index < -0.39 is 15.4 Å². The second-order valence-corrected chi connectivity index (χ2v) is 10.6. The van der Waals surface area contributed by atoms with Gasteiger partial charge in [-0.2, -0.15) is 4.98 Å². The smallest absolute Gasteiger partial charge is 0.254 e. The van der Waals surface area contributed by atoms with E-state index in [2.05, 4.69) is 19.8 Å². The molecule has 1 aromatic carbocycles. The number of nitrogens with zero attached hydrogens (tertiary/aromatic N) is 3. The number of aromatic amines is 1. The molecule has 164 valence electrons. The Morgan fingerprint density at radius 2 is 2.23 bits per heavy atom. The Balaban J connectivity index is 1.46. The summed E-state index contributed by atoms with van der Waals surface area (Å²) >= 11 is 0. The predicted molar refractivity (Wildman–Crippen MR) is 114 cm³/mol. The van der Waals surface area contributed by atoms with Crippen molar-refractivity contribution in [3.05, 3.63) is 47.7 Å². The zero-order valence-electron chi connectivity index (χ0n) is 17.5. The third-order valence-corrected chi connectivity index (χ3v) is 8.12. The molecule has 9 nitrogen and oxygen atoms in total. The second kappa shape index (κ2) is 7.16. The number of nitrogens with one attached hydrogen (secondary N) is 2. The lowest BCUT2D eigenvalue weighted by Gasteiger charge is -2.25. The zero-order valence-corrected chi connectivity index (χ0v) is 18.3. The van der Waals surface area contributed by atoms with Gasteiger partial charge in [0, 0.05) is 41.8 Å². The Morgan fingerprint density at radius 1 is 1.39 bits per heavy atom. The molecule has 2 fully saturated rings. The van der Waals surface area contributed by atoms with Gasteiger partial charge in [0.15, 0.2) is 5.82 Å². The van der Waals surface area contributed by atoms with E-state index in [1.165, 1.54) is 0 Å². The van der Waals surface area contributed by atoms with E-state index in [9.17, 15) is 13.2 Å². The second-order valence-electron chi connectivity index (χ2n) is 8.59. The molecule has 2 aliphatic rings. The monoisotopic (exact) mass is 443 g/mol. The van der Waals surface area contributed by atoms with Crippen molar-refractivity contribution in [2.24, 2.45) is 5.92 Å². The molecule has 1 saturated carbocycles. The first-order valence-electron chi connectivity index (χ1n) is 10.5. The Bertz CT molecular complexity index is 1250. The topological polar surface area (TPSA) is 121 Å². The van der Waals surface area contributed by atoms with E-state index in [4.69, 9.17) is 4.52 Å². The van der Waals surface area contributed by atoms with Crippen LogP contribution in [0.3, 0.4) is 0 Å². The molecule has 2 N–H and O–H groups in total. The number of hydrogen-bond donors (Lipinski definition) is 2. The van der Waals surface area contributed by atoms with Crippen LogP contribution in [0, 0.1) is 12.8 Å². The third kappa shape index (κ3) is 3.34. The summed E-state index contributed by atoms with van der Waals surface area (Å²) < 4.78 is 32.7. The number of H-pyrrole nitrogens is 1. The molecule has 0 radical (unpaired) electrons. The molecular weight excluding hydrogens is 418 g/mol. The van der Waals surface area contributed by atoms with Crippen molar-refractivity contribution in [1.29, 1.82) is 0 Å². The maximum atomic E-state index is 13.5. The Morgan fingerprint density at radius 3 is 2.97 bits per heavy atom. The molecule has 1 amide bonds. The van der Waals surface area contributed by atoms with Gasteiger partial charge in [-0.25, -0.2) is 13.1 Å². The molecular formula is C21H25N5O4S. The number of likely N-dealkylation sites (tertiary alicyclic amines) is 1. The zero-order chi connectivity index (χ0) is 21.8. The number of carbonyl (C=O) groups excluding carboxylic acids is 1. The van der Waals surface area contributed by atoms with E-state index >= 15 is 0 Å². The highest BCUT2D eigenvalue weighted by Gasteiger charge is 2.58. The van der Waals surface area contributed by atoms with E-state index in [1.807, 2.05) is 35.4 Å². The summed E-state index contributed by atoms with van der Waals surface area (Å²) in [6, 6.07) is 7.35. The van der Waals surface area contributed by atoms with E-state index in [0.717, 1.165) is 10.9 Å². The number of hydrogen-bond acceptors (Lipinski definition) is 6. The van der Waals surface area contributed by atoms with E-state index in [1.54, 1.807) is 13.8 Å². The van der Waals surface area contributed by atoms with Crippen LogP contribution in [0.4, 0.5) is 0 Å². The number of amides is 1. The molecule has 10 heteroatoms. The van der Waals surface area contributed by atoms with Crippen molar-refractivity contribution in [2.45, 2.75) is 38.1 Å². The summed E-state index contributed by atoms with van der Waals surface area (Å²) in [5.74, 6) is 1.05. The fourth-order valence-corrected chi connectivity index (χ4v) is 6.08. The Hall–Kier alpha value is -2.72. The Labute approximate surface area is 180 Å². The lowest BCUT2D eigenvalue weighted by atomic mass is 9.80. The number of benzene rings is 1. The fourth-order valence-electron chi connectivity index (χ4n) is 5.23. The van der Waals surface area contributed by atoms with Crippen molar-refractivity contribution in [1.82, 2.24) is 24.7 Å². The van der Waals surface area contributed by atoms with Gasteiger partial charge in [0.2, 0.25) is 15.9 Å². The van der Waals surface area contributed by atoms with E-state index in [0.29, 0.717) is 43.2 Å². The SMILES string of the molecule is CCS(=O)(=O)N[C@@H]1CC2CN(C(=O)c3cccc4[nH]ccc34)C[C@@]2(c2nc(C)no2)C1. The lowest BCUT2D eigenvalue weighted by molar-refractivity contribution is 0.0775. The first kappa shape index (κ1) is 20.2. The van der Waals surface area contributed by atoms with Crippen LogP contribution in [-0.4, -0.2) is 59.2 Å². The van der Waals surface area contributed by atoms with Gasteiger partial charge in [0.25, 0.3) is 5.91 Å². The summed E-state index contributed by atoms with van der Waals surface area (Å²) in [7, 11) is -3.33. The first-order valence-corrected chi connectivity index (χ1v) is 12.1. The highest BCUT2D eigenvalue weighted by molar-refractivity contribution is 7.89. The van der Waals surface area contributed by atoms with Crippen LogP contribution in [0.5, 0.6) is 0 Å². The predicted octanol–water partition coefficient (Wildman–Crippen LogP) is 1.97. The van der Waals surface area contributed by atoms with Crippen molar-refractivity contribution < 1.29 is 17.7 Å². The van der Waals surface area contributed by atoms with Crippen LogP contribution in [0.15, 0.2) is 35.0 Å². The molecule has 1 aliphatic heterocycles. The highest BCUT2D eigenvalue weighted by atomic mass is 32.2. The summed E-state index contributed by atoms with van der Waals surface area (Å²) in [5, 5.41) is 4.85. The number of sulfonamides is 1. The Kier molecular flexibility index (Phi) is 4.67. The van der Waals surface area contributed by atoms with Crippen LogP contribution in [-0.2, 0) is 15.4 Å². The molecule has 0 bridgehead atoms. The number of fused-ring (bicyclic) bond motifs is 2. The molecule has 5 rings (SSSR count). The number of aryl methyl sites for hydroxylation is 1. The average molecular weight is 444 g/mol. The third-order valence-electron chi connectivity index (χ3n) is 6.67.